The van der Waals surface area contributed by atoms with Crippen molar-refractivity contribution in [3.63, 3.8) is 0 Å². The highest BCUT2D eigenvalue weighted by atomic mass is 16.6. The molecule has 2 N–H and O–H groups in total. The lowest BCUT2D eigenvalue weighted by molar-refractivity contribution is 0.0736. The van der Waals surface area contributed by atoms with Crippen molar-refractivity contribution in [2.45, 2.75) is 39.7 Å². The summed E-state index contributed by atoms with van der Waals surface area (Å²) in [5.74, 6) is 0.804. The highest BCUT2D eigenvalue weighted by Crippen LogP contribution is 2.19. The number of likely N-dealkylation sites (tertiary alicyclic amines) is 1. The van der Waals surface area contributed by atoms with Gasteiger partial charge in [0.2, 0.25) is 0 Å². The molecule has 0 aliphatic carbocycles. The van der Waals surface area contributed by atoms with Crippen LogP contribution in [-0.4, -0.2) is 36.7 Å². The van der Waals surface area contributed by atoms with Gasteiger partial charge >= 0.3 is 6.09 Å². The van der Waals surface area contributed by atoms with Crippen molar-refractivity contribution >= 4 is 6.09 Å². The Morgan fingerprint density at radius 2 is 2.19 bits per heavy atom. The molecule has 1 aliphatic rings. The number of hydrogen-bond acceptors (Lipinski definition) is 3. The molecule has 2 atom stereocenters. The Morgan fingerprint density at radius 1 is 1.50 bits per heavy atom. The van der Waals surface area contributed by atoms with Gasteiger partial charge in [0, 0.05) is 19.1 Å². The summed E-state index contributed by atoms with van der Waals surface area (Å²) >= 11 is 0. The summed E-state index contributed by atoms with van der Waals surface area (Å²) in [6.07, 6.45) is 1.97. The Balaban J connectivity index is 2.38. The molecule has 1 heterocycles. The van der Waals surface area contributed by atoms with E-state index in [2.05, 4.69) is 0 Å². The summed E-state index contributed by atoms with van der Waals surface area (Å²) in [5, 5.41) is 0. The second kappa shape index (κ2) is 6.09. The van der Waals surface area contributed by atoms with Gasteiger partial charge in [0.15, 0.2) is 0 Å². The smallest absolute Gasteiger partial charge is 0.409 e. The van der Waals surface area contributed by atoms with Crippen LogP contribution in [0.5, 0.6) is 0 Å². The van der Waals surface area contributed by atoms with Gasteiger partial charge in [0.05, 0.1) is 6.61 Å². The number of hydrogen-bond donors (Lipinski definition) is 1. The summed E-state index contributed by atoms with van der Waals surface area (Å²) in [7, 11) is 0. The second-order valence-corrected chi connectivity index (χ2v) is 5.18. The van der Waals surface area contributed by atoms with Crippen molar-refractivity contribution in [1.82, 2.24) is 4.90 Å². The minimum Gasteiger partial charge on any atom is -0.449 e. The summed E-state index contributed by atoms with van der Waals surface area (Å²) in [6.45, 7) is 8.13. The van der Waals surface area contributed by atoms with Crippen LogP contribution < -0.4 is 5.73 Å². The second-order valence-electron chi connectivity index (χ2n) is 5.18. The fourth-order valence-electron chi connectivity index (χ4n) is 1.93. The maximum Gasteiger partial charge on any atom is 0.409 e. The largest absolute Gasteiger partial charge is 0.449 e. The van der Waals surface area contributed by atoms with Gasteiger partial charge in [-0.25, -0.2) is 4.79 Å². The Morgan fingerprint density at radius 3 is 2.75 bits per heavy atom. The Bertz CT molecular complexity index is 229. The summed E-state index contributed by atoms with van der Waals surface area (Å²) < 4.78 is 5.22. The van der Waals surface area contributed by atoms with Gasteiger partial charge in [0.25, 0.3) is 0 Å². The number of carbonyl (C=O) groups is 1. The highest BCUT2D eigenvalue weighted by Gasteiger charge is 2.26. The predicted octanol–water partition coefficient (Wildman–Crippen LogP) is 1.84. The zero-order chi connectivity index (χ0) is 12.1. The zero-order valence-electron chi connectivity index (χ0n) is 10.6. The van der Waals surface area contributed by atoms with Crippen LogP contribution in [0.25, 0.3) is 0 Å². The average Bonchev–Trinajstić information content (AvgIpc) is 2.26. The molecule has 0 saturated carbocycles. The first kappa shape index (κ1) is 13.3. The van der Waals surface area contributed by atoms with Crippen LogP contribution in [-0.2, 0) is 4.74 Å². The quantitative estimate of drug-likeness (QED) is 0.802. The van der Waals surface area contributed by atoms with Crippen LogP contribution in [0.15, 0.2) is 0 Å². The van der Waals surface area contributed by atoms with E-state index in [9.17, 15) is 4.79 Å². The molecule has 4 heteroatoms. The Kier molecular flexibility index (Phi) is 5.06. The van der Waals surface area contributed by atoms with E-state index >= 15 is 0 Å². The topological polar surface area (TPSA) is 55.6 Å². The summed E-state index contributed by atoms with van der Waals surface area (Å²) in [6, 6.07) is 0.153. The minimum absolute atomic E-state index is 0.153. The van der Waals surface area contributed by atoms with Crippen LogP contribution in [0.2, 0.25) is 0 Å². The summed E-state index contributed by atoms with van der Waals surface area (Å²) in [5.41, 5.74) is 5.87. The van der Waals surface area contributed by atoms with Crippen LogP contribution in [0.4, 0.5) is 4.79 Å². The van der Waals surface area contributed by atoms with Crippen molar-refractivity contribution in [2.24, 2.45) is 17.6 Å². The number of piperidine rings is 1. The fraction of sp³-hybridized carbons (Fsp3) is 0.917. The molecular formula is C12H24N2O2. The normalized spacial score (nSPS) is 23.3. The lowest BCUT2D eigenvalue weighted by Gasteiger charge is -2.34. The first-order valence-electron chi connectivity index (χ1n) is 6.18. The molecule has 0 bridgehead atoms. The Labute approximate surface area is 98.1 Å². The third kappa shape index (κ3) is 4.00. The number of amides is 1. The molecular weight excluding hydrogens is 204 g/mol. The van der Waals surface area contributed by atoms with E-state index in [0.717, 1.165) is 25.9 Å². The van der Waals surface area contributed by atoms with Crippen molar-refractivity contribution in [3.05, 3.63) is 0 Å². The molecule has 0 aromatic heterocycles. The predicted molar refractivity (Wildman–Crippen MR) is 64.1 cm³/mol. The van der Waals surface area contributed by atoms with Gasteiger partial charge in [-0.2, -0.15) is 0 Å². The molecule has 0 spiro atoms. The van der Waals surface area contributed by atoms with E-state index in [-0.39, 0.29) is 12.1 Å². The SMILES string of the molecule is CC(C)COC(=O)N1CCCC(C(C)N)C1. The molecule has 1 rings (SSSR count). The number of carbonyl (C=O) groups excluding carboxylic acids is 1. The molecule has 0 radical (unpaired) electrons. The molecule has 16 heavy (non-hydrogen) atoms. The number of nitrogens with zero attached hydrogens (tertiary/aromatic N) is 1. The van der Waals surface area contributed by atoms with E-state index in [4.69, 9.17) is 10.5 Å². The first-order valence-corrected chi connectivity index (χ1v) is 6.18. The molecule has 94 valence electrons. The molecule has 1 fully saturated rings. The van der Waals surface area contributed by atoms with Crippen LogP contribution in [0.1, 0.15) is 33.6 Å². The van der Waals surface area contributed by atoms with E-state index in [1.807, 2.05) is 20.8 Å². The van der Waals surface area contributed by atoms with Gasteiger partial charge < -0.3 is 15.4 Å². The van der Waals surface area contributed by atoms with E-state index in [1.54, 1.807) is 4.90 Å². The lowest BCUT2D eigenvalue weighted by atomic mass is 9.92. The number of nitrogens with two attached hydrogens (primary N) is 1. The molecule has 1 aliphatic heterocycles. The van der Waals surface area contributed by atoms with E-state index in [1.165, 1.54) is 0 Å². The maximum absolute atomic E-state index is 11.7. The lowest BCUT2D eigenvalue weighted by Crippen LogP contribution is -2.45. The number of ether oxygens (including phenoxy) is 1. The van der Waals surface area contributed by atoms with Gasteiger partial charge in [-0.3, -0.25) is 0 Å². The van der Waals surface area contributed by atoms with Gasteiger partial charge in [-0.05, 0) is 31.6 Å². The molecule has 1 amide bonds. The molecule has 0 aromatic carbocycles. The summed E-state index contributed by atoms with van der Waals surface area (Å²) in [4.78, 5) is 13.5. The van der Waals surface area contributed by atoms with Crippen molar-refractivity contribution < 1.29 is 9.53 Å². The standard InChI is InChI=1S/C12H24N2O2/c1-9(2)8-16-12(15)14-6-4-5-11(7-14)10(3)13/h9-11H,4-8,13H2,1-3H3. The number of rotatable bonds is 3. The third-order valence-electron chi connectivity index (χ3n) is 3.00. The monoisotopic (exact) mass is 228 g/mol. The molecule has 2 unspecified atom stereocenters. The molecule has 0 aromatic rings. The van der Waals surface area contributed by atoms with Gasteiger partial charge in [-0.1, -0.05) is 13.8 Å². The van der Waals surface area contributed by atoms with Crippen molar-refractivity contribution in [3.8, 4) is 0 Å². The minimum atomic E-state index is -0.181. The first-order chi connectivity index (χ1) is 7.50. The van der Waals surface area contributed by atoms with E-state index in [0.29, 0.717) is 18.4 Å². The fourth-order valence-corrected chi connectivity index (χ4v) is 1.93. The molecule has 4 nitrogen and oxygen atoms in total. The van der Waals surface area contributed by atoms with E-state index < -0.39 is 0 Å². The zero-order valence-corrected chi connectivity index (χ0v) is 10.6. The average molecular weight is 228 g/mol. The van der Waals surface area contributed by atoms with Crippen molar-refractivity contribution in [1.29, 1.82) is 0 Å². The Hall–Kier alpha value is -0.770. The van der Waals surface area contributed by atoms with Crippen molar-refractivity contribution in [2.75, 3.05) is 19.7 Å². The van der Waals surface area contributed by atoms with Crippen LogP contribution in [0.3, 0.4) is 0 Å². The van der Waals surface area contributed by atoms with Gasteiger partial charge in [-0.15, -0.1) is 0 Å². The molecule has 1 saturated heterocycles. The van der Waals surface area contributed by atoms with Crippen LogP contribution in [0, 0.1) is 11.8 Å². The maximum atomic E-state index is 11.7. The van der Waals surface area contributed by atoms with Crippen LogP contribution >= 0.6 is 0 Å². The highest BCUT2D eigenvalue weighted by molar-refractivity contribution is 5.67. The van der Waals surface area contributed by atoms with Gasteiger partial charge in [0.1, 0.15) is 0 Å². The third-order valence-corrected chi connectivity index (χ3v) is 3.00.